The molecule has 2 aromatic rings. The highest BCUT2D eigenvalue weighted by Crippen LogP contribution is 2.31. The number of nitro benzene ring substituents is 1. The lowest BCUT2D eigenvalue weighted by Crippen LogP contribution is -2.09. The van der Waals surface area contributed by atoms with Crippen LogP contribution in [-0.2, 0) is 0 Å². The van der Waals surface area contributed by atoms with Crippen molar-refractivity contribution < 1.29 is 9.66 Å². The molecule has 0 aliphatic rings. The molecule has 0 bridgehead atoms. The number of nitro groups is 1. The molecule has 0 aliphatic heterocycles. The minimum absolute atomic E-state index is 0.0652. The fourth-order valence-corrected chi connectivity index (χ4v) is 2.24. The van der Waals surface area contributed by atoms with Gasteiger partial charge in [-0.25, -0.2) is 0 Å². The fraction of sp³-hybridized carbons (Fsp3) is 0.250. The average Bonchev–Trinajstić information content (AvgIpc) is 2.47. The van der Waals surface area contributed by atoms with E-state index in [-0.39, 0.29) is 16.7 Å². The van der Waals surface area contributed by atoms with Crippen molar-refractivity contribution >= 4 is 11.4 Å². The molecule has 0 radical (unpaired) electrons. The van der Waals surface area contributed by atoms with Gasteiger partial charge in [0.25, 0.3) is 5.69 Å². The molecule has 2 rings (SSSR count). The second-order valence-electron chi connectivity index (χ2n) is 4.89. The van der Waals surface area contributed by atoms with E-state index in [1.54, 1.807) is 25.3 Å². The van der Waals surface area contributed by atoms with Crippen LogP contribution in [0.3, 0.4) is 0 Å². The van der Waals surface area contributed by atoms with Crippen molar-refractivity contribution in [1.82, 2.24) is 0 Å². The largest absolute Gasteiger partial charge is 0.496 e. The summed E-state index contributed by atoms with van der Waals surface area (Å²) in [6.45, 7) is 3.94. The maximum absolute atomic E-state index is 11.0. The van der Waals surface area contributed by atoms with Crippen LogP contribution >= 0.6 is 0 Å². The normalized spacial score (nSPS) is 11.8. The highest BCUT2D eigenvalue weighted by Gasteiger charge is 2.17. The molecule has 1 unspecified atom stereocenters. The molecule has 5 heteroatoms. The van der Waals surface area contributed by atoms with Crippen LogP contribution < -0.4 is 10.1 Å². The van der Waals surface area contributed by atoms with Gasteiger partial charge >= 0.3 is 0 Å². The maximum atomic E-state index is 11.0. The summed E-state index contributed by atoms with van der Waals surface area (Å²) in [4.78, 5) is 10.7. The summed E-state index contributed by atoms with van der Waals surface area (Å²) in [5.41, 5.74) is 2.63. The molecule has 0 spiro atoms. The topological polar surface area (TPSA) is 64.4 Å². The third-order valence-corrected chi connectivity index (χ3v) is 3.33. The average molecular weight is 286 g/mol. The fourth-order valence-electron chi connectivity index (χ4n) is 2.24. The maximum Gasteiger partial charge on any atom is 0.292 e. The summed E-state index contributed by atoms with van der Waals surface area (Å²) in [6.07, 6.45) is 0. The number of nitrogens with one attached hydrogen (secondary N) is 1. The van der Waals surface area contributed by atoms with Crippen LogP contribution in [0, 0.1) is 17.0 Å². The van der Waals surface area contributed by atoms with Crippen molar-refractivity contribution in [2.24, 2.45) is 0 Å². The van der Waals surface area contributed by atoms with Crippen molar-refractivity contribution in [1.29, 1.82) is 0 Å². The zero-order valence-electron chi connectivity index (χ0n) is 12.3. The lowest BCUT2D eigenvalue weighted by molar-refractivity contribution is -0.384. The van der Waals surface area contributed by atoms with Gasteiger partial charge in [0.1, 0.15) is 11.4 Å². The number of nitrogens with zero attached hydrogens (tertiary/aromatic N) is 1. The first kappa shape index (κ1) is 14.8. The van der Waals surface area contributed by atoms with Gasteiger partial charge in [0.05, 0.1) is 18.1 Å². The molecule has 0 saturated heterocycles. The van der Waals surface area contributed by atoms with Gasteiger partial charge in [-0.1, -0.05) is 24.3 Å². The predicted molar refractivity (Wildman–Crippen MR) is 82.9 cm³/mol. The van der Waals surface area contributed by atoms with Crippen molar-refractivity contribution in [2.45, 2.75) is 19.9 Å². The zero-order chi connectivity index (χ0) is 15.4. The molecular weight excluding hydrogens is 268 g/mol. The Morgan fingerprint density at radius 2 is 1.95 bits per heavy atom. The van der Waals surface area contributed by atoms with E-state index >= 15 is 0 Å². The summed E-state index contributed by atoms with van der Waals surface area (Å²) in [6, 6.07) is 12.4. The molecule has 5 nitrogen and oxygen atoms in total. The highest BCUT2D eigenvalue weighted by atomic mass is 16.6. The molecule has 0 fully saturated rings. The number of hydrogen-bond acceptors (Lipinski definition) is 4. The van der Waals surface area contributed by atoms with Crippen molar-refractivity contribution in [2.75, 3.05) is 12.4 Å². The first-order valence-corrected chi connectivity index (χ1v) is 6.67. The Bertz CT molecular complexity index is 656. The molecule has 0 aliphatic carbocycles. The van der Waals surface area contributed by atoms with Crippen LogP contribution in [-0.4, -0.2) is 12.0 Å². The summed E-state index contributed by atoms with van der Waals surface area (Å²) < 4.78 is 5.39. The van der Waals surface area contributed by atoms with E-state index in [9.17, 15) is 10.1 Å². The van der Waals surface area contributed by atoms with Crippen LogP contribution in [0.25, 0.3) is 0 Å². The number of rotatable bonds is 5. The van der Waals surface area contributed by atoms with E-state index in [1.807, 2.05) is 32.0 Å². The lowest BCUT2D eigenvalue weighted by Gasteiger charge is -2.18. The number of methoxy groups -OCH3 is 1. The first-order chi connectivity index (χ1) is 10.0. The van der Waals surface area contributed by atoms with E-state index in [0.717, 1.165) is 16.9 Å². The Kier molecular flexibility index (Phi) is 4.42. The van der Waals surface area contributed by atoms with Gasteiger partial charge in [-0.2, -0.15) is 0 Å². The molecule has 1 atom stereocenters. The van der Waals surface area contributed by atoms with Crippen molar-refractivity contribution in [3.8, 4) is 5.75 Å². The Morgan fingerprint density at radius 1 is 1.24 bits per heavy atom. The van der Waals surface area contributed by atoms with Gasteiger partial charge in [-0.3, -0.25) is 10.1 Å². The molecule has 2 aromatic carbocycles. The molecule has 0 aromatic heterocycles. The lowest BCUT2D eigenvalue weighted by atomic mass is 10.0. The Balaban J connectivity index is 2.30. The van der Waals surface area contributed by atoms with Crippen LogP contribution in [0.15, 0.2) is 42.5 Å². The standard InChI is InChI=1S/C16H18N2O3/c1-11-8-9-13(16(10-11)21-3)12(2)17-14-6-4-5-7-15(14)18(19)20/h4-10,12,17H,1-3H3. The van der Waals surface area contributed by atoms with Crippen LogP contribution in [0.2, 0.25) is 0 Å². The Labute approximate surface area is 123 Å². The number of hydrogen-bond donors (Lipinski definition) is 1. The summed E-state index contributed by atoms with van der Waals surface area (Å²) in [5, 5.41) is 14.2. The van der Waals surface area contributed by atoms with Gasteiger partial charge in [0, 0.05) is 11.6 Å². The van der Waals surface area contributed by atoms with Gasteiger partial charge in [-0.15, -0.1) is 0 Å². The Hall–Kier alpha value is -2.56. The minimum atomic E-state index is -0.387. The van der Waals surface area contributed by atoms with E-state index < -0.39 is 0 Å². The van der Waals surface area contributed by atoms with Crippen LogP contribution in [0.5, 0.6) is 5.75 Å². The second-order valence-corrected chi connectivity index (χ2v) is 4.89. The molecular formula is C16H18N2O3. The molecule has 0 saturated carbocycles. The highest BCUT2D eigenvalue weighted by molar-refractivity contribution is 5.62. The summed E-state index contributed by atoms with van der Waals surface area (Å²) >= 11 is 0. The van der Waals surface area contributed by atoms with Gasteiger partial charge in [0.2, 0.25) is 0 Å². The van der Waals surface area contributed by atoms with E-state index in [0.29, 0.717) is 5.69 Å². The van der Waals surface area contributed by atoms with E-state index in [4.69, 9.17) is 4.74 Å². The summed E-state index contributed by atoms with van der Waals surface area (Å²) in [5.74, 6) is 0.772. The summed E-state index contributed by atoms with van der Waals surface area (Å²) in [7, 11) is 1.62. The molecule has 21 heavy (non-hydrogen) atoms. The molecule has 0 amide bonds. The van der Waals surface area contributed by atoms with E-state index in [1.165, 1.54) is 6.07 Å². The van der Waals surface area contributed by atoms with Gasteiger partial charge in [-0.05, 0) is 31.5 Å². The third-order valence-electron chi connectivity index (χ3n) is 3.33. The van der Waals surface area contributed by atoms with Crippen LogP contribution in [0.4, 0.5) is 11.4 Å². The second kappa shape index (κ2) is 6.26. The van der Waals surface area contributed by atoms with Gasteiger partial charge < -0.3 is 10.1 Å². The number of ether oxygens (including phenoxy) is 1. The molecule has 0 heterocycles. The third kappa shape index (κ3) is 3.31. The minimum Gasteiger partial charge on any atom is -0.496 e. The number of anilines is 1. The monoisotopic (exact) mass is 286 g/mol. The van der Waals surface area contributed by atoms with E-state index in [2.05, 4.69) is 5.32 Å². The van der Waals surface area contributed by atoms with Crippen molar-refractivity contribution in [3.63, 3.8) is 0 Å². The van der Waals surface area contributed by atoms with Crippen LogP contribution in [0.1, 0.15) is 24.1 Å². The van der Waals surface area contributed by atoms with Crippen molar-refractivity contribution in [3.05, 3.63) is 63.7 Å². The molecule has 110 valence electrons. The Morgan fingerprint density at radius 3 is 2.62 bits per heavy atom. The SMILES string of the molecule is COc1cc(C)ccc1C(C)Nc1ccccc1[N+](=O)[O-]. The smallest absolute Gasteiger partial charge is 0.292 e. The number of para-hydroxylation sites is 2. The number of benzene rings is 2. The quantitative estimate of drug-likeness (QED) is 0.664. The number of aryl methyl sites for hydroxylation is 1. The zero-order valence-corrected chi connectivity index (χ0v) is 12.3. The molecule has 1 N–H and O–H groups in total. The predicted octanol–water partition coefficient (Wildman–Crippen LogP) is 4.08. The van der Waals surface area contributed by atoms with Gasteiger partial charge in [0.15, 0.2) is 0 Å². The first-order valence-electron chi connectivity index (χ1n) is 6.67.